The number of hydrogen-bond acceptors (Lipinski definition) is 4. The van der Waals surface area contributed by atoms with Crippen molar-refractivity contribution in [2.45, 2.75) is 6.54 Å². The van der Waals surface area contributed by atoms with Gasteiger partial charge >= 0.3 is 6.03 Å². The Kier molecular flexibility index (Phi) is 4.51. The lowest BCUT2D eigenvalue weighted by Crippen LogP contribution is -2.30. The highest BCUT2D eigenvalue weighted by atomic mass is 19.1. The zero-order valence-corrected chi connectivity index (χ0v) is 12.9. The predicted octanol–water partition coefficient (Wildman–Crippen LogP) is 3.54. The fourth-order valence-corrected chi connectivity index (χ4v) is 2.05. The number of nitrogens with one attached hydrogen (secondary N) is 1. The lowest BCUT2D eigenvalue weighted by Gasteiger charge is -2.15. The van der Waals surface area contributed by atoms with E-state index >= 15 is 0 Å². The van der Waals surface area contributed by atoms with Gasteiger partial charge in [-0.3, -0.25) is 0 Å². The molecule has 0 saturated heterocycles. The molecule has 2 aromatic carbocycles. The molecule has 24 heavy (non-hydrogen) atoms. The van der Waals surface area contributed by atoms with Gasteiger partial charge in [-0.1, -0.05) is 35.5 Å². The molecule has 1 heterocycles. The van der Waals surface area contributed by atoms with Gasteiger partial charge in [0.15, 0.2) is 0 Å². The number of carbonyl (C=O) groups excluding carboxylic acids is 1. The summed E-state index contributed by atoms with van der Waals surface area (Å²) in [5, 5.41) is 6.56. The van der Waals surface area contributed by atoms with Crippen LogP contribution in [0.2, 0.25) is 0 Å². The largest absolute Gasteiger partial charge is 0.337 e. The van der Waals surface area contributed by atoms with Gasteiger partial charge in [0.25, 0.3) is 0 Å². The van der Waals surface area contributed by atoms with Crippen molar-refractivity contribution < 1.29 is 13.7 Å². The van der Waals surface area contributed by atoms with Crippen LogP contribution in [0.25, 0.3) is 11.4 Å². The summed E-state index contributed by atoms with van der Waals surface area (Å²) in [7, 11) is 1.60. The smallest absolute Gasteiger partial charge is 0.322 e. The second kappa shape index (κ2) is 6.91. The summed E-state index contributed by atoms with van der Waals surface area (Å²) in [5.41, 5.74) is 1.34. The van der Waals surface area contributed by atoms with Gasteiger partial charge in [-0.25, -0.2) is 9.18 Å². The van der Waals surface area contributed by atoms with Crippen LogP contribution in [0.4, 0.5) is 14.9 Å². The minimum atomic E-state index is -0.361. The van der Waals surface area contributed by atoms with E-state index in [1.54, 1.807) is 7.05 Å². The number of carbonyl (C=O) groups is 1. The number of halogens is 1. The van der Waals surface area contributed by atoms with E-state index in [0.29, 0.717) is 17.4 Å². The van der Waals surface area contributed by atoms with E-state index in [4.69, 9.17) is 4.52 Å². The Hall–Kier alpha value is -3.22. The van der Waals surface area contributed by atoms with Crippen molar-refractivity contribution in [2.75, 3.05) is 12.4 Å². The molecule has 2 amide bonds. The first kappa shape index (κ1) is 15.7. The summed E-state index contributed by atoms with van der Waals surface area (Å²) in [6, 6.07) is 14.6. The van der Waals surface area contributed by atoms with Crippen LogP contribution in [0.3, 0.4) is 0 Å². The highest BCUT2D eigenvalue weighted by Crippen LogP contribution is 2.15. The molecule has 0 aliphatic carbocycles. The SMILES string of the molecule is CN(Cc1nc(-c2ccccc2)no1)C(=O)Nc1ccc(F)cc1. The van der Waals surface area contributed by atoms with E-state index in [1.807, 2.05) is 30.3 Å². The molecule has 1 N–H and O–H groups in total. The average molecular weight is 326 g/mol. The fraction of sp³-hybridized carbons (Fsp3) is 0.118. The number of nitrogens with zero attached hydrogens (tertiary/aromatic N) is 3. The van der Waals surface area contributed by atoms with Crippen LogP contribution in [-0.4, -0.2) is 28.1 Å². The van der Waals surface area contributed by atoms with Crippen molar-refractivity contribution >= 4 is 11.7 Å². The van der Waals surface area contributed by atoms with E-state index < -0.39 is 0 Å². The molecule has 7 heteroatoms. The van der Waals surface area contributed by atoms with E-state index in [2.05, 4.69) is 15.5 Å². The summed E-state index contributed by atoms with van der Waals surface area (Å²) in [4.78, 5) is 17.8. The van der Waals surface area contributed by atoms with Gasteiger partial charge in [0, 0.05) is 18.3 Å². The van der Waals surface area contributed by atoms with Crippen LogP contribution >= 0.6 is 0 Å². The first-order valence-electron chi connectivity index (χ1n) is 7.27. The van der Waals surface area contributed by atoms with E-state index in [-0.39, 0.29) is 18.4 Å². The summed E-state index contributed by atoms with van der Waals surface area (Å²) in [5.74, 6) is 0.434. The molecule has 122 valence electrons. The van der Waals surface area contributed by atoms with E-state index in [9.17, 15) is 9.18 Å². The second-order valence-corrected chi connectivity index (χ2v) is 5.17. The van der Waals surface area contributed by atoms with Gasteiger partial charge in [0.1, 0.15) is 12.4 Å². The second-order valence-electron chi connectivity index (χ2n) is 5.17. The maximum absolute atomic E-state index is 12.9. The first-order valence-corrected chi connectivity index (χ1v) is 7.27. The fourth-order valence-electron chi connectivity index (χ4n) is 2.05. The topological polar surface area (TPSA) is 71.3 Å². The highest BCUT2D eigenvalue weighted by molar-refractivity contribution is 5.88. The Bertz CT molecular complexity index is 818. The minimum Gasteiger partial charge on any atom is -0.337 e. The van der Waals surface area contributed by atoms with Crippen molar-refractivity contribution in [2.24, 2.45) is 0 Å². The summed E-state index contributed by atoms with van der Waals surface area (Å²) >= 11 is 0. The van der Waals surface area contributed by atoms with Crippen LogP contribution in [0.15, 0.2) is 59.1 Å². The molecule has 0 aliphatic rings. The van der Waals surface area contributed by atoms with Crippen molar-refractivity contribution in [3.05, 3.63) is 66.3 Å². The molecule has 0 atom stereocenters. The van der Waals surface area contributed by atoms with Crippen molar-refractivity contribution in [3.8, 4) is 11.4 Å². The quantitative estimate of drug-likeness (QED) is 0.796. The summed E-state index contributed by atoms with van der Waals surface area (Å²) in [6.45, 7) is 0.160. The molecule has 0 radical (unpaired) electrons. The predicted molar refractivity (Wildman–Crippen MR) is 86.6 cm³/mol. The molecule has 3 rings (SSSR count). The van der Waals surface area contributed by atoms with Crippen LogP contribution in [-0.2, 0) is 6.54 Å². The Morgan fingerprint density at radius 3 is 2.58 bits per heavy atom. The van der Waals surface area contributed by atoms with Crippen molar-refractivity contribution in [3.63, 3.8) is 0 Å². The number of amides is 2. The number of urea groups is 1. The van der Waals surface area contributed by atoms with Gasteiger partial charge in [0.2, 0.25) is 11.7 Å². The maximum Gasteiger partial charge on any atom is 0.322 e. The minimum absolute atomic E-state index is 0.160. The van der Waals surface area contributed by atoms with Gasteiger partial charge in [-0.2, -0.15) is 4.98 Å². The Balaban J connectivity index is 1.62. The molecule has 3 aromatic rings. The molecule has 0 unspecified atom stereocenters. The molecule has 0 saturated carbocycles. The van der Waals surface area contributed by atoms with E-state index in [0.717, 1.165) is 5.56 Å². The number of hydrogen-bond donors (Lipinski definition) is 1. The molecule has 0 spiro atoms. The Labute approximate surface area is 137 Å². The zero-order valence-electron chi connectivity index (χ0n) is 12.9. The normalized spacial score (nSPS) is 10.4. The maximum atomic E-state index is 12.9. The molecule has 0 bridgehead atoms. The molecule has 1 aromatic heterocycles. The molecule has 0 fully saturated rings. The van der Waals surface area contributed by atoms with Crippen LogP contribution < -0.4 is 5.32 Å². The summed E-state index contributed by atoms with van der Waals surface area (Å²) in [6.07, 6.45) is 0. The third-order valence-corrected chi connectivity index (χ3v) is 3.31. The average Bonchev–Trinajstić information content (AvgIpc) is 3.06. The van der Waals surface area contributed by atoms with Crippen LogP contribution in [0.1, 0.15) is 5.89 Å². The number of anilines is 1. The number of benzene rings is 2. The molecular weight excluding hydrogens is 311 g/mol. The Morgan fingerprint density at radius 1 is 1.17 bits per heavy atom. The van der Waals surface area contributed by atoms with Gasteiger partial charge in [0.05, 0.1) is 0 Å². The van der Waals surface area contributed by atoms with Crippen molar-refractivity contribution in [1.29, 1.82) is 0 Å². The third-order valence-electron chi connectivity index (χ3n) is 3.31. The lowest BCUT2D eigenvalue weighted by atomic mass is 10.2. The number of rotatable bonds is 4. The Morgan fingerprint density at radius 2 is 1.88 bits per heavy atom. The monoisotopic (exact) mass is 326 g/mol. The van der Waals surface area contributed by atoms with E-state index in [1.165, 1.54) is 29.2 Å². The third kappa shape index (κ3) is 3.75. The lowest BCUT2D eigenvalue weighted by molar-refractivity contribution is 0.213. The number of aromatic nitrogens is 2. The summed E-state index contributed by atoms with van der Waals surface area (Å²) < 4.78 is 18.0. The molecule has 0 aliphatic heterocycles. The van der Waals surface area contributed by atoms with Gasteiger partial charge in [-0.15, -0.1) is 0 Å². The molecular formula is C17H15FN4O2. The standard InChI is InChI=1S/C17H15FN4O2/c1-22(17(23)19-14-9-7-13(18)8-10-14)11-15-20-16(21-24-15)12-5-3-2-4-6-12/h2-10H,11H2,1H3,(H,19,23). The van der Waals surface area contributed by atoms with Crippen LogP contribution in [0.5, 0.6) is 0 Å². The molecule has 6 nitrogen and oxygen atoms in total. The van der Waals surface area contributed by atoms with Gasteiger partial charge in [-0.05, 0) is 24.3 Å². The van der Waals surface area contributed by atoms with Crippen LogP contribution in [0, 0.1) is 5.82 Å². The first-order chi connectivity index (χ1) is 11.6. The highest BCUT2D eigenvalue weighted by Gasteiger charge is 2.14. The zero-order chi connectivity index (χ0) is 16.9. The van der Waals surface area contributed by atoms with Crippen molar-refractivity contribution in [1.82, 2.24) is 15.0 Å². The van der Waals surface area contributed by atoms with Gasteiger partial charge < -0.3 is 14.7 Å².